The Morgan fingerprint density at radius 2 is 2.00 bits per heavy atom. The first-order valence-electron chi connectivity index (χ1n) is 8.12. The van der Waals surface area contributed by atoms with Gasteiger partial charge in [0.2, 0.25) is 0 Å². The fraction of sp³-hybridized carbons (Fsp3) is 0.647. The molecular weight excluding hydrogens is 310 g/mol. The van der Waals surface area contributed by atoms with Crippen LogP contribution >= 0.6 is 11.8 Å². The minimum Gasteiger partial charge on any atom is -0.464 e. The van der Waals surface area contributed by atoms with E-state index in [1.165, 1.54) is 0 Å². The number of carbonyl (C=O) groups excluding carboxylic acids is 1. The Kier molecular flexibility index (Phi) is 6.72. The number of aromatic nitrogens is 1. The highest BCUT2D eigenvalue weighted by Gasteiger charge is 2.20. The molecule has 5 nitrogen and oxygen atoms in total. The summed E-state index contributed by atoms with van der Waals surface area (Å²) in [6, 6.07) is 5.95. The number of rotatable bonds is 6. The lowest BCUT2D eigenvalue weighted by Gasteiger charge is -2.34. The number of esters is 1. The van der Waals surface area contributed by atoms with Crippen LogP contribution in [0, 0.1) is 0 Å². The van der Waals surface area contributed by atoms with Crippen LogP contribution in [0.25, 0.3) is 0 Å². The zero-order valence-electron chi connectivity index (χ0n) is 14.3. The second-order valence-corrected chi connectivity index (χ2v) is 8.55. The third kappa shape index (κ3) is 6.79. The lowest BCUT2D eigenvalue weighted by Crippen LogP contribution is -2.48. The number of piperazine rings is 1. The third-order valence-electron chi connectivity index (χ3n) is 3.58. The first-order valence-corrected chi connectivity index (χ1v) is 9.10. The number of pyridine rings is 1. The van der Waals surface area contributed by atoms with Gasteiger partial charge in [0.1, 0.15) is 12.4 Å². The van der Waals surface area contributed by atoms with Crippen molar-refractivity contribution in [2.45, 2.75) is 25.5 Å². The number of hydrogen-bond acceptors (Lipinski definition) is 6. The maximum atomic E-state index is 11.9. The summed E-state index contributed by atoms with van der Waals surface area (Å²) in [4.78, 5) is 20.7. The molecule has 128 valence electrons. The molecule has 0 N–H and O–H groups in total. The molecule has 0 aliphatic carbocycles. The van der Waals surface area contributed by atoms with E-state index in [9.17, 15) is 4.79 Å². The Bertz CT molecular complexity index is 482. The maximum absolute atomic E-state index is 11.9. The van der Waals surface area contributed by atoms with Crippen LogP contribution in [0.15, 0.2) is 24.4 Å². The van der Waals surface area contributed by atoms with Crippen molar-refractivity contribution in [3.05, 3.63) is 24.4 Å². The Hall–Kier alpha value is -1.27. The maximum Gasteiger partial charge on any atom is 0.320 e. The number of carbonyl (C=O) groups is 1. The number of ether oxygens (including phenoxy) is 1. The topological polar surface area (TPSA) is 45.7 Å². The molecule has 2 heterocycles. The van der Waals surface area contributed by atoms with Gasteiger partial charge >= 0.3 is 5.97 Å². The van der Waals surface area contributed by atoms with Crippen LogP contribution in [0.4, 0.5) is 5.82 Å². The molecule has 0 radical (unpaired) electrons. The molecule has 2 rings (SSSR count). The molecule has 1 aromatic heterocycles. The normalized spacial score (nSPS) is 16.4. The summed E-state index contributed by atoms with van der Waals surface area (Å²) in [6.45, 7) is 10.9. The average Bonchev–Trinajstić information content (AvgIpc) is 2.52. The van der Waals surface area contributed by atoms with Gasteiger partial charge in [-0.1, -0.05) is 26.8 Å². The number of thioether (sulfide) groups is 1. The number of anilines is 1. The molecule has 0 aromatic carbocycles. The molecule has 6 heteroatoms. The van der Waals surface area contributed by atoms with E-state index < -0.39 is 0 Å². The largest absolute Gasteiger partial charge is 0.464 e. The molecule has 1 aliphatic rings. The molecule has 1 aliphatic heterocycles. The van der Waals surface area contributed by atoms with Crippen LogP contribution in [0.3, 0.4) is 0 Å². The van der Waals surface area contributed by atoms with Gasteiger partial charge in [0.25, 0.3) is 0 Å². The van der Waals surface area contributed by atoms with Gasteiger partial charge in [-0.2, -0.15) is 11.8 Å². The first kappa shape index (κ1) is 18.1. The second-order valence-electron chi connectivity index (χ2n) is 6.63. The van der Waals surface area contributed by atoms with E-state index in [0.29, 0.717) is 13.2 Å². The van der Waals surface area contributed by atoms with Gasteiger partial charge in [-0.3, -0.25) is 9.69 Å². The minimum absolute atomic E-state index is 0.120. The smallest absolute Gasteiger partial charge is 0.320 e. The zero-order valence-corrected chi connectivity index (χ0v) is 15.1. The van der Waals surface area contributed by atoms with E-state index in [0.717, 1.165) is 37.7 Å². The zero-order chi connectivity index (χ0) is 16.7. The van der Waals surface area contributed by atoms with Crippen molar-refractivity contribution in [3.8, 4) is 0 Å². The molecule has 0 atom stereocenters. The van der Waals surface area contributed by atoms with Crippen LogP contribution < -0.4 is 4.90 Å². The minimum atomic E-state index is -0.120. The molecule has 1 saturated heterocycles. The molecule has 0 saturated carbocycles. The quantitative estimate of drug-likeness (QED) is 0.586. The third-order valence-corrected chi connectivity index (χ3v) is 4.82. The fourth-order valence-electron chi connectivity index (χ4n) is 2.41. The van der Waals surface area contributed by atoms with Gasteiger partial charge < -0.3 is 9.64 Å². The van der Waals surface area contributed by atoms with E-state index in [2.05, 4.69) is 35.6 Å². The predicted octanol–water partition coefficient (Wildman–Crippen LogP) is 2.28. The Morgan fingerprint density at radius 3 is 2.61 bits per heavy atom. The van der Waals surface area contributed by atoms with Gasteiger partial charge in [0.05, 0.1) is 6.54 Å². The summed E-state index contributed by atoms with van der Waals surface area (Å²) < 4.78 is 5.54. The summed E-state index contributed by atoms with van der Waals surface area (Å²) in [7, 11) is 0. The summed E-state index contributed by atoms with van der Waals surface area (Å²) >= 11 is 1.82. The van der Waals surface area contributed by atoms with Crippen LogP contribution in [0.2, 0.25) is 0 Å². The van der Waals surface area contributed by atoms with E-state index in [4.69, 9.17) is 4.74 Å². The number of hydrogen-bond donors (Lipinski definition) is 0. The van der Waals surface area contributed by atoms with Crippen molar-refractivity contribution < 1.29 is 9.53 Å². The fourth-order valence-corrected chi connectivity index (χ4v) is 3.19. The number of nitrogens with zero attached hydrogens (tertiary/aromatic N) is 3. The molecule has 0 bridgehead atoms. The molecule has 0 spiro atoms. The summed E-state index contributed by atoms with van der Waals surface area (Å²) in [5.41, 5.74) is 0. The second kappa shape index (κ2) is 8.55. The Labute approximate surface area is 143 Å². The highest BCUT2D eigenvalue weighted by Crippen LogP contribution is 2.22. The standard InChI is InChI=1S/C17H27N3O2S/c1-17(2,3)23-13-12-22-16(21)14-19-8-10-20(11-9-19)15-6-4-5-7-18-15/h4-7H,8-14H2,1-3H3. The lowest BCUT2D eigenvalue weighted by atomic mass is 10.3. The van der Waals surface area contributed by atoms with Gasteiger partial charge in [-0.05, 0) is 12.1 Å². The molecule has 23 heavy (non-hydrogen) atoms. The summed E-state index contributed by atoms with van der Waals surface area (Å²) in [5.74, 6) is 1.74. The molecule has 1 fully saturated rings. The van der Waals surface area contributed by atoms with Gasteiger partial charge in [0, 0.05) is 42.9 Å². The van der Waals surface area contributed by atoms with Crippen LogP contribution in [0.1, 0.15) is 20.8 Å². The molecule has 0 amide bonds. The van der Waals surface area contributed by atoms with Crippen molar-refractivity contribution >= 4 is 23.5 Å². The van der Waals surface area contributed by atoms with E-state index >= 15 is 0 Å². The van der Waals surface area contributed by atoms with Gasteiger partial charge in [0.15, 0.2) is 0 Å². The van der Waals surface area contributed by atoms with Crippen LogP contribution in [0.5, 0.6) is 0 Å². The summed E-state index contributed by atoms with van der Waals surface area (Å²) in [6.07, 6.45) is 1.81. The molecular formula is C17H27N3O2S. The van der Waals surface area contributed by atoms with Crippen molar-refractivity contribution in [2.24, 2.45) is 0 Å². The SMILES string of the molecule is CC(C)(C)SCCOC(=O)CN1CCN(c2ccccn2)CC1. The van der Waals surface area contributed by atoms with Crippen molar-refractivity contribution in [2.75, 3.05) is 50.0 Å². The molecule has 1 aromatic rings. The first-order chi connectivity index (χ1) is 10.9. The van der Waals surface area contributed by atoms with E-state index in [1.54, 1.807) is 0 Å². The average molecular weight is 337 g/mol. The molecule has 0 unspecified atom stereocenters. The van der Waals surface area contributed by atoms with E-state index in [1.807, 2.05) is 36.2 Å². The summed E-state index contributed by atoms with van der Waals surface area (Å²) in [5, 5.41) is 0. The Balaban J connectivity index is 1.63. The van der Waals surface area contributed by atoms with Crippen molar-refractivity contribution in [1.82, 2.24) is 9.88 Å². The van der Waals surface area contributed by atoms with Crippen LogP contribution in [-0.4, -0.2) is 65.7 Å². The van der Waals surface area contributed by atoms with Crippen LogP contribution in [-0.2, 0) is 9.53 Å². The van der Waals surface area contributed by atoms with Gasteiger partial charge in [-0.15, -0.1) is 0 Å². The Morgan fingerprint density at radius 1 is 1.26 bits per heavy atom. The highest BCUT2D eigenvalue weighted by atomic mass is 32.2. The van der Waals surface area contributed by atoms with E-state index in [-0.39, 0.29) is 10.7 Å². The monoisotopic (exact) mass is 337 g/mol. The lowest BCUT2D eigenvalue weighted by molar-refractivity contribution is -0.144. The predicted molar refractivity (Wildman–Crippen MR) is 96.1 cm³/mol. The van der Waals surface area contributed by atoms with Crippen molar-refractivity contribution in [3.63, 3.8) is 0 Å². The van der Waals surface area contributed by atoms with Crippen molar-refractivity contribution in [1.29, 1.82) is 0 Å². The van der Waals surface area contributed by atoms with Gasteiger partial charge in [-0.25, -0.2) is 4.98 Å². The highest BCUT2D eigenvalue weighted by molar-refractivity contribution is 8.00.